The number of carbonyl (C=O) groups is 1. The van der Waals surface area contributed by atoms with Crippen LogP contribution in [-0.2, 0) is 18.4 Å². The van der Waals surface area contributed by atoms with Crippen molar-refractivity contribution in [3.63, 3.8) is 0 Å². The molecule has 0 bridgehead atoms. The van der Waals surface area contributed by atoms with Crippen LogP contribution in [-0.4, -0.2) is 28.0 Å². The number of carbonyl (C=O) groups excluding carboxylic acids is 1. The van der Waals surface area contributed by atoms with Gasteiger partial charge in [0.1, 0.15) is 0 Å². The molecule has 1 aromatic heterocycles. The fourth-order valence-corrected chi connectivity index (χ4v) is 3.47. The van der Waals surface area contributed by atoms with Crippen molar-refractivity contribution < 1.29 is 4.79 Å². The average molecular weight is 312 g/mol. The first-order valence-corrected chi connectivity index (χ1v) is 8.05. The summed E-state index contributed by atoms with van der Waals surface area (Å²) in [5.74, 6) is 0.169. The molecule has 1 N–H and O–H groups in total. The summed E-state index contributed by atoms with van der Waals surface area (Å²) in [6.45, 7) is 7.69. The van der Waals surface area contributed by atoms with Gasteiger partial charge >= 0.3 is 0 Å². The lowest BCUT2D eigenvalue weighted by Gasteiger charge is -2.22. The summed E-state index contributed by atoms with van der Waals surface area (Å²) in [7, 11) is 1.96. The SMILES string of the molecule is Cc1cc(C)c(N2CCC(NCc3cncn3C)C2=O)c(C)c1. The number of amides is 1. The Balaban J connectivity index is 1.73. The highest BCUT2D eigenvalue weighted by Gasteiger charge is 2.33. The summed E-state index contributed by atoms with van der Waals surface area (Å²) in [6, 6.07) is 4.17. The highest BCUT2D eigenvalue weighted by molar-refractivity contribution is 6.00. The van der Waals surface area contributed by atoms with Crippen molar-refractivity contribution in [1.29, 1.82) is 0 Å². The molecule has 0 aliphatic carbocycles. The standard InChI is InChI=1S/C18H24N4O/c1-12-7-13(2)17(14(3)8-12)22-6-5-16(18(22)23)20-10-15-9-19-11-21(15)4/h7-9,11,16,20H,5-6,10H2,1-4H3. The van der Waals surface area contributed by atoms with Gasteiger partial charge in [-0.3, -0.25) is 4.79 Å². The summed E-state index contributed by atoms with van der Waals surface area (Å²) in [5, 5.41) is 3.37. The molecular formula is C18H24N4O. The lowest BCUT2D eigenvalue weighted by Crippen LogP contribution is -2.38. The van der Waals surface area contributed by atoms with Crippen LogP contribution >= 0.6 is 0 Å². The highest BCUT2D eigenvalue weighted by atomic mass is 16.2. The van der Waals surface area contributed by atoms with Gasteiger partial charge in [-0.1, -0.05) is 17.7 Å². The quantitative estimate of drug-likeness (QED) is 0.942. The van der Waals surface area contributed by atoms with Crippen LogP contribution in [0.15, 0.2) is 24.7 Å². The highest BCUT2D eigenvalue weighted by Crippen LogP contribution is 2.30. The Morgan fingerprint density at radius 3 is 2.57 bits per heavy atom. The Hall–Kier alpha value is -2.14. The second-order valence-corrected chi connectivity index (χ2v) is 6.46. The normalized spacial score (nSPS) is 18.0. The Labute approximate surface area is 137 Å². The van der Waals surface area contributed by atoms with Crippen molar-refractivity contribution in [2.24, 2.45) is 7.05 Å². The number of nitrogens with one attached hydrogen (secondary N) is 1. The molecule has 0 radical (unpaired) electrons. The fraction of sp³-hybridized carbons (Fsp3) is 0.444. The molecule has 1 aromatic carbocycles. The first kappa shape index (κ1) is 15.7. The molecule has 0 spiro atoms. The number of imidazole rings is 1. The first-order valence-electron chi connectivity index (χ1n) is 8.05. The number of hydrogen-bond acceptors (Lipinski definition) is 3. The van der Waals surface area contributed by atoms with Crippen LogP contribution in [0.2, 0.25) is 0 Å². The zero-order chi connectivity index (χ0) is 16.6. The molecule has 1 aliphatic heterocycles. The molecule has 1 saturated heterocycles. The van der Waals surface area contributed by atoms with Gasteiger partial charge < -0.3 is 14.8 Å². The molecular weight excluding hydrogens is 288 g/mol. The summed E-state index contributed by atoms with van der Waals surface area (Å²) < 4.78 is 1.97. The van der Waals surface area contributed by atoms with Crippen LogP contribution in [0.3, 0.4) is 0 Å². The van der Waals surface area contributed by atoms with Gasteiger partial charge in [-0.25, -0.2) is 4.98 Å². The minimum atomic E-state index is -0.120. The van der Waals surface area contributed by atoms with Crippen LogP contribution in [0.5, 0.6) is 0 Å². The van der Waals surface area contributed by atoms with Gasteiger partial charge in [-0.05, 0) is 38.3 Å². The van der Waals surface area contributed by atoms with Crippen molar-refractivity contribution in [2.45, 2.75) is 39.8 Å². The number of aryl methyl sites for hydroxylation is 4. The fourth-order valence-electron chi connectivity index (χ4n) is 3.47. The van der Waals surface area contributed by atoms with Crippen molar-refractivity contribution in [3.05, 3.63) is 47.0 Å². The zero-order valence-electron chi connectivity index (χ0n) is 14.3. The lowest BCUT2D eigenvalue weighted by atomic mass is 10.0. The van der Waals surface area contributed by atoms with Gasteiger partial charge in [0.05, 0.1) is 18.1 Å². The van der Waals surface area contributed by atoms with Crippen LogP contribution in [0, 0.1) is 20.8 Å². The summed E-state index contributed by atoms with van der Waals surface area (Å²) >= 11 is 0. The topological polar surface area (TPSA) is 50.2 Å². The first-order chi connectivity index (χ1) is 11.0. The minimum absolute atomic E-state index is 0.120. The van der Waals surface area contributed by atoms with Crippen LogP contribution in [0.4, 0.5) is 5.69 Å². The molecule has 122 valence electrons. The maximum Gasteiger partial charge on any atom is 0.244 e. The summed E-state index contributed by atoms with van der Waals surface area (Å²) in [5.41, 5.74) is 5.73. The number of anilines is 1. The molecule has 0 saturated carbocycles. The van der Waals surface area contributed by atoms with Gasteiger partial charge in [0.2, 0.25) is 5.91 Å². The number of hydrogen-bond donors (Lipinski definition) is 1. The Morgan fingerprint density at radius 1 is 1.26 bits per heavy atom. The number of aromatic nitrogens is 2. The second kappa shape index (κ2) is 6.16. The summed E-state index contributed by atoms with van der Waals surface area (Å²) in [4.78, 5) is 18.8. The van der Waals surface area contributed by atoms with E-state index in [9.17, 15) is 4.79 Å². The molecule has 5 heteroatoms. The number of benzene rings is 1. The van der Waals surface area contributed by atoms with E-state index in [0.717, 1.165) is 24.3 Å². The van der Waals surface area contributed by atoms with E-state index >= 15 is 0 Å². The van der Waals surface area contributed by atoms with Gasteiger partial charge in [0, 0.05) is 32.0 Å². The Bertz CT molecular complexity index is 711. The molecule has 1 fully saturated rings. The van der Waals surface area contributed by atoms with Crippen LogP contribution in [0.25, 0.3) is 0 Å². The van der Waals surface area contributed by atoms with Crippen LogP contribution < -0.4 is 10.2 Å². The molecule has 1 unspecified atom stereocenters. The summed E-state index contributed by atoms with van der Waals surface area (Å²) in [6.07, 6.45) is 4.45. The van der Waals surface area contributed by atoms with Crippen LogP contribution in [0.1, 0.15) is 28.8 Å². The van der Waals surface area contributed by atoms with Crippen molar-refractivity contribution in [1.82, 2.24) is 14.9 Å². The molecule has 2 aromatic rings. The van der Waals surface area contributed by atoms with E-state index in [0.29, 0.717) is 6.54 Å². The number of nitrogens with zero attached hydrogens (tertiary/aromatic N) is 3. The predicted molar refractivity (Wildman–Crippen MR) is 91.5 cm³/mol. The van der Waals surface area contributed by atoms with E-state index in [2.05, 4.69) is 43.2 Å². The third-order valence-corrected chi connectivity index (χ3v) is 4.56. The van der Waals surface area contributed by atoms with E-state index in [1.807, 2.05) is 22.7 Å². The third kappa shape index (κ3) is 3.01. The number of rotatable bonds is 4. The largest absolute Gasteiger partial charge is 0.337 e. The maximum atomic E-state index is 12.8. The van der Waals surface area contributed by atoms with E-state index in [4.69, 9.17) is 0 Å². The average Bonchev–Trinajstić information content (AvgIpc) is 3.03. The monoisotopic (exact) mass is 312 g/mol. The molecule has 1 aliphatic rings. The van der Waals surface area contributed by atoms with Gasteiger partial charge in [0.25, 0.3) is 0 Å². The second-order valence-electron chi connectivity index (χ2n) is 6.46. The van der Waals surface area contributed by atoms with E-state index < -0.39 is 0 Å². The Kier molecular flexibility index (Phi) is 4.22. The van der Waals surface area contributed by atoms with Crippen molar-refractivity contribution >= 4 is 11.6 Å². The molecule has 5 nitrogen and oxygen atoms in total. The molecule has 1 amide bonds. The lowest BCUT2D eigenvalue weighted by molar-refractivity contribution is -0.118. The van der Waals surface area contributed by atoms with Gasteiger partial charge in [0.15, 0.2) is 0 Å². The predicted octanol–water partition coefficient (Wildman–Crippen LogP) is 2.24. The molecule has 23 heavy (non-hydrogen) atoms. The molecule has 2 heterocycles. The Morgan fingerprint density at radius 2 is 1.96 bits per heavy atom. The van der Waals surface area contributed by atoms with Crippen molar-refractivity contribution in [2.75, 3.05) is 11.4 Å². The smallest absolute Gasteiger partial charge is 0.244 e. The molecule has 1 atom stereocenters. The van der Waals surface area contributed by atoms with E-state index in [1.54, 1.807) is 6.33 Å². The van der Waals surface area contributed by atoms with E-state index in [1.165, 1.54) is 16.7 Å². The third-order valence-electron chi connectivity index (χ3n) is 4.56. The molecule has 3 rings (SSSR count). The van der Waals surface area contributed by atoms with Gasteiger partial charge in [-0.2, -0.15) is 0 Å². The minimum Gasteiger partial charge on any atom is -0.337 e. The zero-order valence-corrected chi connectivity index (χ0v) is 14.3. The van der Waals surface area contributed by atoms with Gasteiger partial charge in [-0.15, -0.1) is 0 Å². The van der Waals surface area contributed by atoms with Crippen molar-refractivity contribution in [3.8, 4) is 0 Å². The maximum absolute atomic E-state index is 12.8. The van der Waals surface area contributed by atoms with E-state index in [-0.39, 0.29) is 11.9 Å².